The topological polar surface area (TPSA) is 35.2 Å². The molecule has 20 heavy (non-hydrogen) atoms. The van der Waals surface area contributed by atoms with Crippen LogP contribution in [0.3, 0.4) is 0 Å². The minimum Gasteiger partial charge on any atom is -0.488 e. The van der Waals surface area contributed by atoms with Crippen LogP contribution in [0.4, 0.5) is 8.78 Å². The van der Waals surface area contributed by atoms with Gasteiger partial charge in [-0.3, -0.25) is 0 Å². The van der Waals surface area contributed by atoms with Crippen LogP contribution >= 0.6 is 15.9 Å². The Morgan fingerprint density at radius 2 is 1.80 bits per heavy atom. The molecule has 0 aliphatic carbocycles. The van der Waals surface area contributed by atoms with Gasteiger partial charge in [0.15, 0.2) is 0 Å². The highest BCUT2D eigenvalue weighted by Crippen LogP contribution is 2.25. The second-order valence-corrected chi connectivity index (χ2v) is 5.20. The third kappa shape index (κ3) is 3.55. The van der Waals surface area contributed by atoms with Crippen molar-refractivity contribution in [2.75, 3.05) is 6.54 Å². The summed E-state index contributed by atoms with van der Waals surface area (Å²) in [5.74, 6) is -0.633. The van der Waals surface area contributed by atoms with Gasteiger partial charge in [-0.15, -0.1) is 0 Å². The largest absolute Gasteiger partial charge is 0.488 e. The maximum atomic E-state index is 13.5. The van der Waals surface area contributed by atoms with Gasteiger partial charge in [0.25, 0.3) is 0 Å². The molecule has 0 heterocycles. The van der Waals surface area contributed by atoms with Crippen LogP contribution in [0.25, 0.3) is 0 Å². The number of benzene rings is 2. The molecule has 0 atom stereocenters. The molecule has 2 aromatic rings. The number of halogens is 3. The van der Waals surface area contributed by atoms with Gasteiger partial charge in [0.2, 0.25) is 0 Å². The lowest BCUT2D eigenvalue weighted by Crippen LogP contribution is -2.07. The third-order valence-electron chi connectivity index (χ3n) is 2.87. The molecule has 0 spiro atoms. The lowest BCUT2D eigenvalue weighted by atomic mass is 10.1. The van der Waals surface area contributed by atoms with Crippen molar-refractivity contribution in [2.24, 2.45) is 5.73 Å². The summed E-state index contributed by atoms with van der Waals surface area (Å²) in [6, 6.07) is 9.21. The molecule has 0 fully saturated rings. The predicted molar refractivity (Wildman–Crippen MR) is 77.6 cm³/mol. The first kappa shape index (κ1) is 14.9. The second-order valence-electron chi connectivity index (χ2n) is 4.28. The van der Waals surface area contributed by atoms with Gasteiger partial charge in [-0.25, -0.2) is 8.78 Å². The minimum absolute atomic E-state index is 0.0749. The van der Waals surface area contributed by atoms with E-state index in [9.17, 15) is 8.78 Å². The lowest BCUT2D eigenvalue weighted by Gasteiger charge is -2.12. The molecule has 2 N–H and O–H groups in total. The Morgan fingerprint density at radius 1 is 1.10 bits per heavy atom. The monoisotopic (exact) mass is 341 g/mol. The fourth-order valence-electron chi connectivity index (χ4n) is 1.86. The van der Waals surface area contributed by atoms with E-state index in [2.05, 4.69) is 15.9 Å². The van der Waals surface area contributed by atoms with Crippen LogP contribution in [0.15, 0.2) is 40.9 Å². The van der Waals surface area contributed by atoms with Gasteiger partial charge in [-0.1, -0.05) is 22.0 Å². The molecule has 5 heteroatoms. The number of hydrogen-bond acceptors (Lipinski definition) is 2. The highest BCUT2D eigenvalue weighted by molar-refractivity contribution is 9.10. The van der Waals surface area contributed by atoms with Crippen LogP contribution in [0, 0.1) is 11.6 Å². The van der Waals surface area contributed by atoms with Crippen LogP contribution in [-0.4, -0.2) is 6.54 Å². The molecule has 0 radical (unpaired) electrons. The fourth-order valence-corrected chi connectivity index (χ4v) is 2.27. The van der Waals surface area contributed by atoms with Gasteiger partial charge in [-0.2, -0.15) is 0 Å². The zero-order valence-corrected chi connectivity index (χ0v) is 12.3. The maximum absolute atomic E-state index is 13.5. The number of rotatable bonds is 5. The Labute approximate surface area is 124 Å². The Balaban J connectivity index is 2.18. The summed E-state index contributed by atoms with van der Waals surface area (Å²) in [5.41, 5.74) is 6.37. The van der Waals surface area contributed by atoms with Gasteiger partial charge in [0.1, 0.15) is 24.0 Å². The van der Waals surface area contributed by atoms with E-state index in [1.54, 1.807) is 6.07 Å². The summed E-state index contributed by atoms with van der Waals surface area (Å²) in [7, 11) is 0. The third-order valence-corrected chi connectivity index (χ3v) is 3.36. The number of nitrogens with two attached hydrogens (primary N) is 1. The van der Waals surface area contributed by atoms with E-state index in [-0.39, 0.29) is 12.2 Å². The Bertz CT molecular complexity index is 584. The zero-order valence-electron chi connectivity index (χ0n) is 10.7. The molecule has 2 aromatic carbocycles. The maximum Gasteiger partial charge on any atom is 0.132 e. The van der Waals surface area contributed by atoms with Crippen LogP contribution in [0.5, 0.6) is 5.75 Å². The van der Waals surface area contributed by atoms with E-state index in [0.717, 1.165) is 10.0 Å². The molecule has 0 aromatic heterocycles. The van der Waals surface area contributed by atoms with E-state index in [1.165, 1.54) is 18.2 Å². The van der Waals surface area contributed by atoms with E-state index in [4.69, 9.17) is 10.5 Å². The highest BCUT2D eigenvalue weighted by atomic mass is 79.9. The van der Waals surface area contributed by atoms with Crippen molar-refractivity contribution in [2.45, 2.75) is 13.0 Å². The molecule has 0 amide bonds. The molecule has 0 aliphatic rings. The van der Waals surface area contributed by atoms with Gasteiger partial charge in [0, 0.05) is 4.47 Å². The van der Waals surface area contributed by atoms with Crippen molar-refractivity contribution >= 4 is 15.9 Å². The van der Waals surface area contributed by atoms with Crippen LogP contribution in [0.2, 0.25) is 0 Å². The van der Waals surface area contributed by atoms with Crippen molar-refractivity contribution in [3.8, 4) is 5.75 Å². The van der Waals surface area contributed by atoms with E-state index in [1.807, 2.05) is 12.1 Å². The number of ether oxygens (including phenoxy) is 1. The highest BCUT2D eigenvalue weighted by Gasteiger charge is 2.10. The molecule has 0 unspecified atom stereocenters. The van der Waals surface area contributed by atoms with Crippen molar-refractivity contribution in [3.63, 3.8) is 0 Å². The summed E-state index contributed by atoms with van der Waals surface area (Å²) in [5, 5.41) is 0. The first-order chi connectivity index (χ1) is 9.61. The van der Waals surface area contributed by atoms with Crippen LogP contribution in [0.1, 0.15) is 11.1 Å². The van der Waals surface area contributed by atoms with Crippen molar-refractivity contribution in [1.29, 1.82) is 0 Å². The molecular weight excluding hydrogens is 328 g/mol. The molecule has 2 rings (SSSR count). The average Bonchev–Trinajstić information content (AvgIpc) is 2.40. The first-order valence-electron chi connectivity index (χ1n) is 6.16. The quantitative estimate of drug-likeness (QED) is 0.897. The molecule has 0 bridgehead atoms. The normalized spacial score (nSPS) is 10.6. The number of hydrogen-bond donors (Lipinski definition) is 1. The van der Waals surface area contributed by atoms with Gasteiger partial charge in [0.05, 0.1) is 5.56 Å². The van der Waals surface area contributed by atoms with Crippen molar-refractivity contribution in [1.82, 2.24) is 0 Å². The lowest BCUT2D eigenvalue weighted by molar-refractivity contribution is 0.289. The van der Waals surface area contributed by atoms with Gasteiger partial charge in [-0.05, 0) is 48.9 Å². The van der Waals surface area contributed by atoms with Crippen LogP contribution in [-0.2, 0) is 13.0 Å². The second kappa shape index (κ2) is 6.81. The predicted octanol–water partition coefficient (Wildman–Crippen LogP) is 3.81. The van der Waals surface area contributed by atoms with Gasteiger partial charge >= 0.3 is 0 Å². The van der Waals surface area contributed by atoms with Crippen molar-refractivity contribution < 1.29 is 13.5 Å². The Kier molecular flexibility index (Phi) is 5.09. The fraction of sp³-hybridized carbons (Fsp3) is 0.200. The van der Waals surface area contributed by atoms with E-state index < -0.39 is 11.6 Å². The summed E-state index contributed by atoms with van der Waals surface area (Å²) in [6.45, 7) is 0.318. The standard InChI is InChI=1S/C15H14BrF2NO/c16-11-4-5-15(10(8-11)6-7-19)20-9-12-13(17)2-1-3-14(12)18/h1-5,8H,6-7,9,19H2. The molecule has 0 saturated carbocycles. The molecule has 0 aliphatic heterocycles. The molecule has 0 saturated heterocycles. The van der Waals surface area contributed by atoms with Crippen molar-refractivity contribution in [3.05, 3.63) is 63.6 Å². The van der Waals surface area contributed by atoms with E-state index in [0.29, 0.717) is 18.7 Å². The summed E-state index contributed by atoms with van der Waals surface area (Å²) < 4.78 is 33.5. The summed E-state index contributed by atoms with van der Waals surface area (Å²) >= 11 is 3.37. The van der Waals surface area contributed by atoms with E-state index >= 15 is 0 Å². The smallest absolute Gasteiger partial charge is 0.132 e. The SMILES string of the molecule is NCCc1cc(Br)ccc1OCc1c(F)cccc1F. The first-order valence-corrected chi connectivity index (χ1v) is 6.95. The molecular formula is C15H14BrF2NO. The Morgan fingerprint density at radius 3 is 2.45 bits per heavy atom. The van der Waals surface area contributed by atoms with Crippen LogP contribution < -0.4 is 10.5 Å². The summed E-state index contributed by atoms with van der Waals surface area (Å²) in [6.07, 6.45) is 0.633. The molecule has 2 nitrogen and oxygen atoms in total. The van der Waals surface area contributed by atoms with Gasteiger partial charge < -0.3 is 10.5 Å². The minimum atomic E-state index is -0.609. The molecule has 106 valence electrons. The average molecular weight is 342 g/mol. The Hall–Kier alpha value is -1.46. The summed E-state index contributed by atoms with van der Waals surface area (Å²) in [4.78, 5) is 0. The zero-order chi connectivity index (χ0) is 14.5.